The fourth-order valence-corrected chi connectivity index (χ4v) is 1.98. The summed E-state index contributed by atoms with van der Waals surface area (Å²) in [6.07, 6.45) is 1.73. The molecule has 21 heavy (non-hydrogen) atoms. The monoisotopic (exact) mass is 289 g/mol. The van der Waals surface area contributed by atoms with Gasteiger partial charge >= 0.3 is 0 Å². The number of aliphatic hydroxyl groups is 1. The first kappa shape index (κ1) is 15.1. The molecule has 5 nitrogen and oxygen atoms in total. The molecule has 0 amide bonds. The molecule has 0 spiro atoms. The topological polar surface area (TPSA) is 60.8 Å². The van der Waals surface area contributed by atoms with Crippen molar-refractivity contribution in [2.24, 2.45) is 0 Å². The van der Waals surface area contributed by atoms with Crippen LogP contribution in [0.15, 0.2) is 30.5 Å². The lowest BCUT2D eigenvalue weighted by Crippen LogP contribution is -2.04. The van der Waals surface area contributed by atoms with Crippen molar-refractivity contribution in [2.45, 2.75) is 20.1 Å². The summed E-state index contributed by atoms with van der Waals surface area (Å²) in [6, 6.07) is 7.32. The van der Waals surface area contributed by atoms with E-state index in [1.54, 1.807) is 32.5 Å². The van der Waals surface area contributed by atoms with Crippen LogP contribution in [-0.2, 0) is 13.2 Å². The van der Waals surface area contributed by atoms with E-state index in [1.165, 1.54) is 0 Å². The zero-order valence-corrected chi connectivity index (χ0v) is 12.4. The summed E-state index contributed by atoms with van der Waals surface area (Å²) < 4.78 is 16.4. The maximum atomic E-state index is 9.25. The number of aliphatic hydroxyl groups excluding tert-OH is 1. The Morgan fingerprint density at radius 1 is 1.14 bits per heavy atom. The number of pyridine rings is 1. The Kier molecular flexibility index (Phi) is 5.00. The summed E-state index contributed by atoms with van der Waals surface area (Å²) in [5.41, 5.74) is 2.61. The average molecular weight is 289 g/mol. The van der Waals surface area contributed by atoms with Crippen LogP contribution in [0.4, 0.5) is 0 Å². The Labute approximate surface area is 124 Å². The third-order valence-electron chi connectivity index (χ3n) is 3.17. The van der Waals surface area contributed by atoms with Gasteiger partial charge in [-0.2, -0.15) is 0 Å². The van der Waals surface area contributed by atoms with Crippen molar-refractivity contribution >= 4 is 0 Å². The zero-order chi connectivity index (χ0) is 15.2. The van der Waals surface area contributed by atoms with Gasteiger partial charge in [-0.1, -0.05) is 6.07 Å². The van der Waals surface area contributed by atoms with Crippen LogP contribution in [0, 0.1) is 6.92 Å². The van der Waals surface area contributed by atoms with Gasteiger partial charge in [0.25, 0.3) is 0 Å². The largest absolute Gasteiger partial charge is 0.493 e. The first-order valence-corrected chi connectivity index (χ1v) is 6.58. The minimum atomic E-state index is -0.0909. The quantitative estimate of drug-likeness (QED) is 0.885. The van der Waals surface area contributed by atoms with E-state index in [0.29, 0.717) is 29.4 Å². The molecule has 0 aliphatic heterocycles. The van der Waals surface area contributed by atoms with Crippen LogP contribution in [0.1, 0.15) is 16.8 Å². The molecule has 0 radical (unpaired) electrons. The van der Waals surface area contributed by atoms with E-state index in [4.69, 9.17) is 14.2 Å². The molecule has 0 aliphatic carbocycles. The molecule has 2 aromatic rings. The van der Waals surface area contributed by atoms with Gasteiger partial charge in [-0.05, 0) is 36.2 Å². The molecule has 5 heteroatoms. The second kappa shape index (κ2) is 6.95. The molecule has 0 aliphatic rings. The second-order valence-electron chi connectivity index (χ2n) is 4.54. The van der Waals surface area contributed by atoms with Crippen LogP contribution < -0.4 is 14.2 Å². The number of nitrogens with zero attached hydrogens (tertiary/aromatic N) is 1. The van der Waals surface area contributed by atoms with Gasteiger partial charge in [0.1, 0.15) is 6.61 Å². The van der Waals surface area contributed by atoms with Gasteiger partial charge in [0.2, 0.25) is 5.75 Å². The maximum Gasteiger partial charge on any atom is 0.203 e. The third kappa shape index (κ3) is 3.44. The van der Waals surface area contributed by atoms with Crippen LogP contribution in [-0.4, -0.2) is 24.3 Å². The highest BCUT2D eigenvalue weighted by Crippen LogP contribution is 2.39. The van der Waals surface area contributed by atoms with Gasteiger partial charge in [-0.25, -0.2) is 0 Å². The van der Waals surface area contributed by atoms with E-state index in [1.807, 2.05) is 19.1 Å². The Morgan fingerprint density at radius 3 is 2.33 bits per heavy atom. The molecule has 0 unspecified atom stereocenters. The number of ether oxygens (including phenoxy) is 3. The predicted octanol–water partition coefficient (Wildman–Crippen LogP) is 2.48. The molecule has 0 saturated heterocycles. The Balaban J connectivity index is 2.28. The highest BCUT2D eigenvalue weighted by molar-refractivity contribution is 5.53. The summed E-state index contributed by atoms with van der Waals surface area (Å²) in [6.45, 7) is 2.21. The van der Waals surface area contributed by atoms with Crippen LogP contribution >= 0.6 is 0 Å². The van der Waals surface area contributed by atoms with Crippen LogP contribution in [0.25, 0.3) is 0 Å². The average Bonchev–Trinajstić information content (AvgIpc) is 2.53. The smallest absolute Gasteiger partial charge is 0.203 e. The van der Waals surface area contributed by atoms with Gasteiger partial charge < -0.3 is 19.3 Å². The van der Waals surface area contributed by atoms with E-state index < -0.39 is 0 Å². The lowest BCUT2D eigenvalue weighted by Gasteiger charge is -2.16. The minimum Gasteiger partial charge on any atom is -0.493 e. The molecule has 0 fully saturated rings. The number of hydrogen-bond donors (Lipinski definition) is 1. The predicted molar refractivity (Wildman–Crippen MR) is 78.8 cm³/mol. The van der Waals surface area contributed by atoms with Crippen LogP contribution in [0.3, 0.4) is 0 Å². The van der Waals surface area contributed by atoms with Crippen molar-refractivity contribution in [2.75, 3.05) is 14.2 Å². The number of aromatic nitrogens is 1. The summed E-state index contributed by atoms with van der Waals surface area (Å²) in [4.78, 5) is 4.29. The molecule has 0 saturated carbocycles. The van der Waals surface area contributed by atoms with Crippen molar-refractivity contribution in [3.63, 3.8) is 0 Å². The summed E-state index contributed by atoms with van der Waals surface area (Å²) in [7, 11) is 3.10. The molecule has 112 valence electrons. The lowest BCUT2D eigenvalue weighted by molar-refractivity contribution is 0.257. The minimum absolute atomic E-state index is 0.0909. The number of hydrogen-bond acceptors (Lipinski definition) is 5. The highest BCUT2D eigenvalue weighted by atomic mass is 16.5. The SMILES string of the molecule is COc1cc(CO)cc(OC)c1OCc1ncccc1C. The molecule has 0 atom stereocenters. The van der Waals surface area contributed by atoms with Gasteiger partial charge in [0.05, 0.1) is 26.5 Å². The van der Waals surface area contributed by atoms with Crippen molar-refractivity contribution in [3.8, 4) is 17.2 Å². The Hall–Kier alpha value is -2.27. The summed E-state index contributed by atoms with van der Waals surface area (Å²) in [5.74, 6) is 1.54. The molecule has 1 heterocycles. The van der Waals surface area contributed by atoms with E-state index in [0.717, 1.165) is 11.3 Å². The normalized spacial score (nSPS) is 10.3. The molecule has 1 N–H and O–H groups in total. The molecule has 0 bridgehead atoms. The van der Waals surface area contributed by atoms with Crippen molar-refractivity contribution in [1.29, 1.82) is 0 Å². The summed E-state index contributed by atoms with van der Waals surface area (Å²) in [5, 5.41) is 9.25. The fourth-order valence-electron chi connectivity index (χ4n) is 1.98. The Morgan fingerprint density at radius 2 is 1.81 bits per heavy atom. The molecule has 2 rings (SSSR count). The zero-order valence-electron chi connectivity index (χ0n) is 12.4. The van der Waals surface area contributed by atoms with Gasteiger partial charge in [0.15, 0.2) is 11.5 Å². The summed E-state index contributed by atoms with van der Waals surface area (Å²) >= 11 is 0. The maximum absolute atomic E-state index is 9.25. The molecular formula is C16H19NO4. The van der Waals surface area contributed by atoms with E-state index in [-0.39, 0.29) is 6.61 Å². The van der Waals surface area contributed by atoms with E-state index in [9.17, 15) is 5.11 Å². The first-order chi connectivity index (χ1) is 10.2. The van der Waals surface area contributed by atoms with Crippen LogP contribution in [0.2, 0.25) is 0 Å². The standard InChI is InChI=1S/C16H19NO4/c1-11-5-4-6-17-13(11)10-21-16-14(19-2)7-12(9-18)8-15(16)20-3/h4-8,18H,9-10H2,1-3H3. The Bertz CT molecular complexity index is 588. The van der Waals surface area contributed by atoms with Gasteiger partial charge in [-0.3, -0.25) is 4.98 Å². The molecule has 1 aromatic heterocycles. The molecular weight excluding hydrogens is 270 g/mol. The third-order valence-corrected chi connectivity index (χ3v) is 3.17. The number of rotatable bonds is 6. The van der Waals surface area contributed by atoms with Gasteiger partial charge in [0, 0.05) is 6.20 Å². The van der Waals surface area contributed by atoms with Crippen molar-refractivity contribution in [1.82, 2.24) is 4.98 Å². The fraction of sp³-hybridized carbons (Fsp3) is 0.312. The molecule has 1 aromatic carbocycles. The lowest BCUT2D eigenvalue weighted by atomic mass is 10.2. The highest BCUT2D eigenvalue weighted by Gasteiger charge is 2.14. The van der Waals surface area contributed by atoms with Crippen molar-refractivity contribution < 1.29 is 19.3 Å². The van der Waals surface area contributed by atoms with E-state index >= 15 is 0 Å². The first-order valence-electron chi connectivity index (χ1n) is 6.58. The van der Waals surface area contributed by atoms with Gasteiger partial charge in [-0.15, -0.1) is 0 Å². The van der Waals surface area contributed by atoms with E-state index in [2.05, 4.69) is 4.98 Å². The number of aryl methyl sites for hydroxylation is 1. The van der Waals surface area contributed by atoms with Crippen LogP contribution in [0.5, 0.6) is 17.2 Å². The number of benzene rings is 1. The van der Waals surface area contributed by atoms with Crippen molar-refractivity contribution in [3.05, 3.63) is 47.3 Å². The number of methoxy groups -OCH3 is 2. The second-order valence-corrected chi connectivity index (χ2v) is 4.54.